The Kier molecular flexibility index (Phi) is 4.73. The van der Waals surface area contributed by atoms with Crippen molar-refractivity contribution in [1.29, 1.82) is 0 Å². The van der Waals surface area contributed by atoms with Gasteiger partial charge in [-0.05, 0) is 43.2 Å². The van der Waals surface area contributed by atoms with Crippen LogP contribution in [-0.4, -0.2) is 30.5 Å². The van der Waals surface area contributed by atoms with Crippen molar-refractivity contribution in [2.24, 2.45) is 0 Å². The van der Waals surface area contributed by atoms with Crippen LogP contribution in [0, 0.1) is 6.92 Å². The first kappa shape index (κ1) is 19.9. The summed E-state index contributed by atoms with van der Waals surface area (Å²) in [4.78, 5) is 29.2. The number of nitrogens with one attached hydrogen (secondary N) is 2. The van der Waals surface area contributed by atoms with Crippen LogP contribution in [0.25, 0.3) is 22.3 Å². The molecule has 1 unspecified atom stereocenters. The molecule has 1 aliphatic rings. The van der Waals surface area contributed by atoms with Crippen LogP contribution in [0.2, 0.25) is 0 Å². The summed E-state index contributed by atoms with van der Waals surface area (Å²) < 4.78 is 15.9. The van der Waals surface area contributed by atoms with Gasteiger partial charge in [0.15, 0.2) is 11.5 Å². The quantitative estimate of drug-likeness (QED) is 0.454. The van der Waals surface area contributed by atoms with Crippen molar-refractivity contribution in [3.63, 3.8) is 0 Å². The Bertz CT molecular complexity index is 1470. The zero-order valence-electron chi connectivity index (χ0n) is 17.6. The summed E-state index contributed by atoms with van der Waals surface area (Å²) >= 11 is 0. The molecule has 2 atom stereocenters. The molecule has 0 saturated heterocycles. The third-order valence-corrected chi connectivity index (χ3v) is 5.70. The molecule has 0 bridgehead atoms. The number of hydrogen-bond donors (Lipinski definition) is 3. The Labute approximate surface area is 182 Å². The number of aromatic nitrogens is 5. The number of pyridine rings is 2. The lowest BCUT2D eigenvalue weighted by atomic mass is 9.90. The molecule has 0 spiro atoms. The zero-order chi connectivity index (χ0) is 22.4. The minimum Gasteiger partial charge on any atom is -0.368 e. The van der Waals surface area contributed by atoms with Crippen LogP contribution in [-0.2, 0) is 0 Å². The van der Waals surface area contributed by atoms with Crippen molar-refractivity contribution in [1.82, 2.24) is 24.3 Å². The van der Waals surface area contributed by atoms with Gasteiger partial charge in [-0.25, -0.2) is 9.37 Å². The monoisotopic (exact) mass is 431 g/mol. The number of alkyl halides is 1. The summed E-state index contributed by atoms with van der Waals surface area (Å²) in [7, 11) is 0. The standard InChI is InChI=1S/C23H22FN7O/c1-12-5-3-8-16-10-17(18(22(32)31(12)16)14-6-4-7-15(24)9-14)13(2)28-21-19-20(27-11-26-19)29-23(25)30-21/h3-8,10-11,13,15H,9H2,1-2H3,(H4,25,26,27,28,29,30)/t13-,15?/m0/s1. The number of aryl methyl sites for hydroxylation is 1. The number of hydrogen-bond acceptors (Lipinski definition) is 6. The maximum atomic E-state index is 14.2. The lowest BCUT2D eigenvalue weighted by molar-refractivity contribution is 0.405. The average Bonchev–Trinajstić information content (AvgIpc) is 3.22. The summed E-state index contributed by atoms with van der Waals surface area (Å²) in [6.45, 7) is 3.81. The number of nitrogens with two attached hydrogens (primary N) is 1. The minimum atomic E-state index is -1.13. The van der Waals surface area contributed by atoms with E-state index in [9.17, 15) is 9.18 Å². The van der Waals surface area contributed by atoms with E-state index in [0.29, 0.717) is 28.1 Å². The van der Waals surface area contributed by atoms with Crippen LogP contribution < -0.4 is 16.6 Å². The zero-order valence-corrected chi connectivity index (χ0v) is 17.6. The van der Waals surface area contributed by atoms with Gasteiger partial charge >= 0.3 is 0 Å². The normalized spacial score (nSPS) is 17.0. The van der Waals surface area contributed by atoms with E-state index in [4.69, 9.17) is 5.73 Å². The predicted molar refractivity (Wildman–Crippen MR) is 123 cm³/mol. The summed E-state index contributed by atoms with van der Waals surface area (Å²) in [6, 6.07) is 7.30. The molecule has 4 heterocycles. The van der Waals surface area contributed by atoms with Gasteiger partial charge in [0.05, 0.1) is 12.4 Å². The van der Waals surface area contributed by atoms with E-state index in [1.165, 1.54) is 12.4 Å². The Morgan fingerprint density at radius 2 is 2.19 bits per heavy atom. The molecular formula is C23H22FN7O. The van der Waals surface area contributed by atoms with Crippen molar-refractivity contribution >= 4 is 34.0 Å². The maximum Gasteiger partial charge on any atom is 0.263 e. The van der Waals surface area contributed by atoms with E-state index in [-0.39, 0.29) is 24.0 Å². The lowest BCUT2D eigenvalue weighted by Gasteiger charge is -2.22. The summed E-state index contributed by atoms with van der Waals surface area (Å²) in [6.07, 6.45) is 5.50. The Morgan fingerprint density at radius 1 is 1.34 bits per heavy atom. The molecule has 0 aromatic carbocycles. The van der Waals surface area contributed by atoms with E-state index in [2.05, 4.69) is 25.3 Å². The molecule has 32 heavy (non-hydrogen) atoms. The highest BCUT2D eigenvalue weighted by Gasteiger charge is 2.23. The fourth-order valence-electron chi connectivity index (χ4n) is 4.22. The predicted octanol–water partition coefficient (Wildman–Crippen LogP) is 3.71. The average molecular weight is 431 g/mol. The minimum absolute atomic E-state index is 0.0918. The van der Waals surface area contributed by atoms with Crippen molar-refractivity contribution in [3.05, 3.63) is 76.0 Å². The number of halogens is 1. The molecule has 0 aliphatic heterocycles. The highest BCUT2D eigenvalue weighted by molar-refractivity contribution is 5.84. The highest BCUT2D eigenvalue weighted by Crippen LogP contribution is 2.32. The van der Waals surface area contributed by atoms with Crippen molar-refractivity contribution in [2.45, 2.75) is 32.5 Å². The molecule has 0 radical (unpaired) electrons. The van der Waals surface area contributed by atoms with Gasteiger partial charge in [0.1, 0.15) is 11.7 Å². The molecule has 162 valence electrons. The molecule has 9 heteroatoms. The fraction of sp³-hybridized carbons (Fsp3) is 0.217. The van der Waals surface area contributed by atoms with Crippen LogP contribution in [0.1, 0.15) is 36.2 Å². The van der Waals surface area contributed by atoms with Gasteiger partial charge < -0.3 is 16.0 Å². The molecule has 4 N–H and O–H groups in total. The molecule has 4 aromatic rings. The van der Waals surface area contributed by atoms with Crippen molar-refractivity contribution < 1.29 is 4.39 Å². The number of allylic oxidation sites excluding steroid dienone is 4. The number of aromatic amines is 1. The summed E-state index contributed by atoms with van der Waals surface area (Å²) in [5.41, 5.74) is 10.2. The third kappa shape index (κ3) is 3.31. The largest absolute Gasteiger partial charge is 0.368 e. The van der Waals surface area contributed by atoms with Crippen molar-refractivity contribution in [3.8, 4) is 0 Å². The Morgan fingerprint density at radius 3 is 3.00 bits per heavy atom. The number of nitrogen functional groups attached to an aromatic ring is 1. The number of anilines is 2. The molecule has 4 aromatic heterocycles. The third-order valence-electron chi connectivity index (χ3n) is 5.70. The lowest BCUT2D eigenvalue weighted by Crippen LogP contribution is -2.25. The van der Waals surface area contributed by atoms with Gasteiger partial charge in [-0.3, -0.25) is 9.20 Å². The molecule has 0 saturated carbocycles. The van der Waals surface area contributed by atoms with Crippen LogP contribution >= 0.6 is 0 Å². The van der Waals surface area contributed by atoms with Crippen molar-refractivity contribution in [2.75, 3.05) is 11.1 Å². The first-order chi connectivity index (χ1) is 15.4. The Hall–Kier alpha value is -4.01. The van der Waals surface area contributed by atoms with Crippen LogP contribution in [0.3, 0.4) is 0 Å². The molecule has 1 aliphatic carbocycles. The first-order valence-corrected chi connectivity index (χ1v) is 10.3. The maximum absolute atomic E-state index is 14.2. The summed E-state index contributed by atoms with van der Waals surface area (Å²) in [5.74, 6) is 0.572. The van der Waals surface area contributed by atoms with Gasteiger partial charge in [-0.2, -0.15) is 9.97 Å². The Balaban J connectivity index is 1.69. The number of fused-ring (bicyclic) bond motifs is 2. The number of nitrogens with zero attached hydrogens (tertiary/aromatic N) is 4. The van der Waals surface area contributed by atoms with Gasteiger partial charge in [0, 0.05) is 23.2 Å². The molecular weight excluding hydrogens is 409 g/mol. The van der Waals surface area contributed by atoms with E-state index in [1.54, 1.807) is 10.5 Å². The van der Waals surface area contributed by atoms with Gasteiger partial charge in [0.25, 0.3) is 5.56 Å². The number of H-pyrrole nitrogens is 1. The highest BCUT2D eigenvalue weighted by atomic mass is 19.1. The van der Waals surface area contributed by atoms with E-state index in [1.807, 2.05) is 44.2 Å². The molecule has 5 rings (SSSR count). The smallest absolute Gasteiger partial charge is 0.263 e. The van der Waals surface area contributed by atoms with E-state index < -0.39 is 6.17 Å². The molecule has 0 fully saturated rings. The van der Waals surface area contributed by atoms with E-state index in [0.717, 1.165) is 16.8 Å². The van der Waals surface area contributed by atoms with Gasteiger partial charge in [0.2, 0.25) is 5.95 Å². The topological polar surface area (TPSA) is 114 Å². The van der Waals surface area contributed by atoms with Gasteiger partial charge in [-0.1, -0.05) is 24.3 Å². The fourth-order valence-corrected chi connectivity index (χ4v) is 4.22. The number of imidazole rings is 1. The van der Waals surface area contributed by atoms with Crippen LogP contribution in [0.15, 0.2) is 53.6 Å². The number of rotatable bonds is 4. The second-order valence-corrected chi connectivity index (χ2v) is 7.90. The van der Waals surface area contributed by atoms with Crippen LogP contribution in [0.5, 0.6) is 0 Å². The summed E-state index contributed by atoms with van der Waals surface area (Å²) in [5, 5.41) is 3.34. The van der Waals surface area contributed by atoms with Crippen LogP contribution in [0.4, 0.5) is 16.2 Å². The SMILES string of the molecule is Cc1cccc2cc([C@H](C)Nc3nc(N)nc4nc[nH]c34)c(C3=CC=CC(F)C3)c(=O)n12. The first-order valence-electron chi connectivity index (χ1n) is 10.3. The molecule has 0 amide bonds. The molecule has 8 nitrogen and oxygen atoms in total. The van der Waals surface area contributed by atoms with Gasteiger partial charge in [-0.15, -0.1) is 0 Å². The van der Waals surface area contributed by atoms with E-state index >= 15 is 0 Å². The second-order valence-electron chi connectivity index (χ2n) is 7.90. The second kappa shape index (κ2) is 7.60.